The van der Waals surface area contributed by atoms with Crippen molar-refractivity contribution in [3.8, 4) is 0 Å². The number of thiol groups is 1. The Morgan fingerprint density at radius 3 is 2.48 bits per heavy atom. The topological polar surface area (TPSA) is 83.6 Å². The molecule has 25 heavy (non-hydrogen) atoms. The van der Waals surface area contributed by atoms with Crippen molar-refractivity contribution in [3.63, 3.8) is 0 Å². The zero-order valence-electron chi connectivity index (χ0n) is 13.1. The van der Waals surface area contributed by atoms with Gasteiger partial charge in [-0.3, -0.25) is 14.3 Å². The summed E-state index contributed by atoms with van der Waals surface area (Å²) in [6, 6.07) is 11.6. The van der Waals surface area contributed by atoms with E-state index in [1.54, 1.807) is 18.2 Å². The van der Waals surface area contributed by atoms with Crippen LogP contribution >= 0.6 is 12.8 Å². The van der Waals surface area contributed by atoms with Gasteiger partial charge in [0.2, 0.25) is 10.0 Å². The number of anilines is 1. The Balaban J connectivity index is 2.70. The summed E-state index contributed by atoms with van der Waals surface area (Å²) >= 11 is 3.61. The number of amides is 2. The van der Waals surface area contributed by atoms with Crippen LogP contribution in [0, 0.1) is 11.9 Å². The van der Waals surface area contributed by atoms with Crippen LogP contribution in [0.1, 0.15) is 27.6 Å². The van der Waals surface area contributed by atoms with Crippen molar-refractivity contribution in [3.05, 3.63) is 65.5 Å². The monoisotopic (exact) mass is 381 g/mol. The molecule has 0 heterocycles. The lowest BCUT2D eigenvalue weighted by molar-refractivity contribution is 0.0985. The third-order valence-corrected chi connectivity index (χ3v) is 5.16. The normalized spacial score (nSPS) is 11.0. The standard InChI is InChI=1S/C16H14FN2O4S2/c1-2-25(22,23)19(16(21)11-6-4-3-5-7-11)14-9-8-12(17)10-13(14)15(20)18-24/h3-7,9-10,24H,2H2,1H3,(H,18,20). The zero-order valence-corrected chi connectivity index (χ0v) is 14.8. The van der Waals surface area contributed by atoms with Crippen LogP contribution in [-0.2, 0) is 10.0 Å². The molecule has 6 nitrogen and oxygen atoms in total. The molecule has 9 heteroatoms. The Morgan fingerprint density at radius 1 is 1.28 bits per heavy atom. The number of nitrogens with zero attached hydrogens (tertiary/aromatic N) is 1. The molecule has 0 fully saturated rings. The van der Waals surface area contributed by atoms with Crippen LogP contribution in [-0.4, -0.2) is 26.0 Å². The smallest absolute Gasteiger partial charge is 0.272 e. The minimum absolute atomic E-state index is 0.0982. The molecule has 1 radical (unpaired) electrons. The molecule has 0 aliphatic rings. The maximum atomic E-state index is 13.5. The third kappa shape index (κ3) is 3.99. The van der Waals surface area contributed by atoms with Gasteiger partial charge in [0.25, 0.3) is 11.8 Å². The molecule has 2 amide bonds. The second kappa shape index (κ2) is 7.66. The summed E-state index contributed by atoms with van der Waals surface area (Å²) in [6.45, 7) is 1.35. The van der Waals surface area contributed by atoms with Crippen LogP contribution in [0.25, 0.3) is 0 Å². The largest absolute Gasteiger partial charge is 0.299 e. The fraction of sp³-hybridized carbons (Fsp3) is 0.125. The molecule has 0 spiro atoms. The lowest BCUT2D eigenvalue weighted by Gasteiger charge is -2.24. The number of nitrogens with one attached hydrogen (secondary N) is 1. The highest BCUT2D eigenvalue weighted by molar-refractivity contribution is 7.93. The maximum absolute atomic E-state index is 13.5. The average Bonchev–Trinajstić information content (AvgIpc) is 2.62. The van der Waals surface area contributed by atoms with Crippen molar-refractivity contribution < 1.29 is 22.4 Å². The predicted molar refractivity (Wildman–Crippen MR) is 94.4 cm³/mol. The van der Waals surface area contributed by atoms with Crippen LogP contribution in [0.5, 0.6) is 0 Å². The predicted octanol–water partition coefficient (Wildman–Crippen LogP) is 2.20. The molecule has 2 aromatic rings. The summed E-state index contributed by atoms with van der Waals surface area (Å²) in [4.78, 5) is 24.8. The molecule has 0 saturated carbocycles. The second-order valence-corrected chi connectivity index (χ2v) is 7.19. The Morgan fingerprint density at radius 2 is 1.92 bits per heavy atom. The Kier molecular flexibility index (Phi) is 5.81. The van der Waals surface area contributed by atoms with Gasteiger partial charge >= 0.3 is 0 Å². The van der Waals surface area contributed by atoms with Crippen molar-refractivity contribution >= 4 is 40.3 Å². The van der Waals surface area contributed by atoms with E-state index in [4.69, 9.17) is 0 Å². The van der Waals surface area contributed by atoms with Crippen molar-refractivity contribution in [1.29, 1.82) is 0 Å². The fourth-order valence-electron chi connectivity index (χ4n) is 2.08. The number of halogens is 1. The van der Waals surface area contributed by atoms with Gasteiger partial charge in [-0.2, -0.15) is 0 Å². The molecule has 0 aromatic heterocycles. The molecule has 2 aromatic carbocycles. The van der Waals surface area contributed by atoms with E-state index in [1.165, 1.54) is 19.1 Å². The third-order valence-electron chi connectivity index (χ3n) is 3.31. The number of sulfonamides is 1. The highest BCUT2D eigenvalue weighted by atomic mass is 32.2. The van der Waals surface area contributed by atoms with Crippen molar-refractivity contribution in [2.24, 2.45) is 0 Å². The van der Waals surface area contributed by atoms with Crippen molar-refractivity contribution in [2.45, 2.75) is 6.92 Å². The Hall–Kier alpha value is -2.39. The summed E-state index contributed by atoms with van der Waals surface area (Å²) in [5.41, 5.74) is -0.558. The second-order valence-electron chi connectivity index (χ2n) is 4.86. The number of carbonyl (C=O) groups excluding carboxylic acids is 2. The molecular weight excluding hydrogens is 367 g/mol. The number of hydrogen-bond acceptors (Lipinski definition) is 5. The van der Waals surface area contributed by atoms with E-state index in [0.29, 0.717) is 4.31 Å². The zero-order chi connectivity index (χ0) is 18.6. The highest BCUT2D eigenvalue weighted by Gasteiger charge is 2.32. The summed E-state index contributed by atoms with van der Waals surface area (Å²) in [6.07, 6.45) is 0. The van der Waals surface area contributed by atoms with E-state index < -0.39 is 33.4 Å². The van der Waals surface area contributed by atoms with Crippen LogP contribution < -0.4 is 9.03 Å². The maximum Gasteiger partial charge on any atom is 0.272 e. The lowest BCUT2D eigenvalue weighted by Crippen LogP contribution is -2.39. The first kappa shape index (κ1) is 18.9. The number of hydrogen-bond donors (Lipinski definition) is 2. The average molecular weight is 381 g/mol. The minimum atomic E-state index is -4.10. The van der Waals surface area contributed by atoms with E-state index in [2.05, 4.69) is 18.9 Å². The molecule has 0 aliphatic heterocycles. The van der Waals surface area contributed by atoms with E-state index in [1.807, 2.05) is 4.72 Å². The molecule has 1 N–H and O–H groups in total. The first-order valence-electron chi connectivity index (χ1n) is 7.10. The molecule has 2 rings (SSSR count). The highest BCUT2D eigenvalue weighted by Crippen LogP contribution is 2.27. The number of benzene rings is 2. The summed E-state index contributed by atoms with van der Waals surface area (Å²) in [7, 11) is -4.10. The molecule has 0 saturated heterocycles. The lowest BCUT2D eigenvalue weighted by atomic mass is 10.1. The molecule has 0 unspecified atom stereocenters. The van der Waals surface area contributed by atoms with Crippen LogP contribution in [0.4, 0.5) is 10.1 Å². The van der Waals surface area contributed by atoms with Gasteiger partial charge in [0, 0.05) is 11.6 Å². The minimum Gasteiger partial charge on any atom is -0.299 e. The van der Waals surface area contributed by atoms with Gasteiger partial charge in [-0.05, 0) is 31.2 Å². The van der Waals surface area contributed by atoms with Crippen LogP contribution in [0.3, 0.4) is 0 Å². The van der Waals surface area contributed by atoms with Gasteiger partial charge in [0.05, 0.1) is 17.0 Å². The van der Waals surface area contributed by atoms with Gasteiger partial charge in [-0.1, -0.05) is 31.0 Å². The molecule has 0 atom stereocenters. The molecule has 0 bridgehead atoms. The summed E-state index contributed by atoms with van der Waals surface area (Å²) < 4.78 is 41.0. The summed E-state index contributed by atoms with van der Waals surface area (Å²) in [5.74, 6) is -3.00. The van der Waals surface area contributed by atoms with E-state index >= 15 is 0 Å². The van der Waals surface area contributed by atoms with E-state index in [9.17, 15) is 22.4 Å². The Bertz CT molecular complexity index is 902. The first-order chi connectivity index (χ1) is 11.8. The fourth-order valence-corrected chi connectivity index (χ4v) is 3.27. The molecular formula is C16H14FN2O4S2. The van der Waals surface area contributed by atoms with Gasteiger partial charge in [-0.15, -0.1) is 0 Å². The van der Waals surface area contributed by atoms with E-state index in [0.717, 1.165) is 12.1 Å². The first-order valence-corrected chi connectivity index (χ1v) is 9.15. The Labute approximate surface area is 150 Å². The SMILES string of the molecule is CCS(=O)(=O)N(C(=O)c1ccccc1)c1c[c]c(F)cc1C(=O)NS. The molecule has 0 aliphatic carbocycles. The van der Waals surface area contributed by atoms with Crippen molar-refractivity contribution in [1.82, 2.24) is 4.72 Å². The summed E-state index contributed by atoms with van der Waals surface area (Å²) in [5, 5.41) is 0. The van der Waals surface area contributed by atoms with Crippen LogP contribution in [0.2, 0.25) is 0 Å². The number of rotatable bonds is 5. The van der Waals surface area contributed by atoms with Gasteiger partial charge in [0.1, 0.15) is 5.82 Å². The van der Waals surface area contributed by atoms with Crippen LogP contribution in [0.15, 0.2) is 42.5 Å². The van der Waals surface area contributed by atoms with Gasteiger partial charge in [-0.25, -0.2) is 17.1 Å². The van der Waals surface area contributed by atoms with Gasteiger partial charge in [0.15, 0.2) is 0 Å². The molecule has 131 valence electrons. The number of carbonyl (C=O) groups is 2. The quantitative estimate of drug-likeness (QED) is 0.778. The van der Waals surface area contributed by atoms with E-state index in [-0.39, 0.29) is 16.8 Å². The van der Waals surface area contributed by atoms with Gasteiger partial charge < -0.3 is 0 Å². The van der Waals surface area contributed by atoms with Crippen molar-refractivity contribution in [2.75, 3.05) is 10.1 Å².